The minimum atomic E-state index is -1.99. The Bertz CT molecular complexity index is 3110. The lowest BCUT2D eigenvalue weighted by Gasteiger charge is -2.30. The summed E-state index contributed by atoms with van der Waals surface area (Å²) >= 11 is 8.26. The molecule has 103 heavy (non-hydrogen) atoms. The highest BCUT2D eigenvalue weighted by Crippen LogP contribution is 2.14. The molecule has 0 aliphatic heterocycles. The number of carbonyl (C=O) groups excluding carboxylic acids is 15. The Morgan fingerprint density at radius 1 is 0.466 bits per heavy atom. The van der Waals surface area contributed by atoms with Crippen LogP contribution in [0.4, 0.5) is 0 Å². The molecular weight excluding hydrogens is 1400 g/mol. The van der Waals surface area contributed by atoms with E-state index in [1.165, 1.54) is 6.92 Å². The van der Waals surface area contributed by atoms with Gasteiger partial charge in [-0.05, 0) is 43.1 Å². The average molecular weight is 1500 g/mol. The number of carboxylic acids is 1. The largest absolute Gasteiger partial charge is 0.481 e. The molecule has 41 nitrogen and oxygen atoms in total. The van der Waals surface area contributed by atoms with Crippen LogP contribution in [0, 0.1) is 11.8 Å². The molecule has 0 aromatic heterocycles. The number of carbonyl (C=O) groups is 16. The van der Waals surface area contributed by atoms with Gasteiger partial charge in [0.2, 0.25) is 82.7 Å². The zero-order chi connectivity index (χ0) is 78.1. The standard InChI is InChI=1S/C60H99N21O20S2/c1-5-29(3)46(57(100)76-38(20-45(89)90)53(96)73-35(15-11-17-68-60(65)66)51(94)81-47(30(4)6-2)58(101)79-41(28-103)56(99)75-37(19-42(62)86)52(95)71-32(23-82)24-83)80-50(93)34(14-10-16-67-59(63)64)72-44(88)22-69-43(87)21-70-49(92)36(18-31-12-8-7-9-13-31)74-55(98)40(27-102)78-54(97)39(26-85)77-48(91)33(61)25-84/h7-9,12-13,23,29-30,32-41,46-47,83-85,102-103H,5-6,10-11,14-22,24-28,61H2,1-4H3,(H2,62,86)(H,69,87)(H,70,92)(H,71,95)(H,72,88)(H,73,96)(H,74,98)(H,75,99)(H,76,100)(H,77,91)(H,78,97)(H,79,101)(H,80,93)(H,81,94)(H,89,90)(H4,63,64,67)(H4,65,66,68)/t29-,30-,32+,33-,34-,35-,36-,37-,38-,39-,40-,41-,46-,47-/m0/s1. The molecule has 0 bridgehead atoms. The number of nitrogens with one attached hydrogen (secondary N) is 13. The highest BCUT2D eigenvalue weighted by molar-refractivity contribution is 7.80. The zero-order valence-electron chi connectivity index (χ0n) is 57.3. The number of nitrogens with two attached hydrogens (primary N) is 6. The molecule has 0 radical (unpaired) electrons. The van der Waals surface area contributed by atoms with Crippen molar-refractivity contribution in [3.8, 4) is 0 Å². The van der Waals surface area contributed by atoms with E-state index in [9.17, 15) is 97.1 Å². The first-order valence-corrected chi connectivity index (χ1v) is 33.7. The van der Waals surface area contributed by atoms with Crippen LogP contribution < -0.4 is 104 Å². The van der Waals surface area contributed by atoms with Gasteiger partial charge in [-0.25, -0.2) is 0 Å². The van der Waals surface area contributed by atoms with Gasteiger partial charge in [0.1, 0.15) is 78.8 Å². The molecule has 0 aliphatic rings. The third kappa shape index (κ3) is 35.0. The Morgan fingerprint density at radius 3 is 1.32 bits per heavy atom. The summed E-state index contributed by atoms with van der Waals surface area (Å²) in [6, 6.07) is -10.6. The summed E-state index contributed by atoms with van der Waals surface area (Å²) in [6.45, 7) is 1.99. The summed E-state index contributed by atoms with van der Waals surface area (Å²) in [5.74, 6) is -19.1. The van der Waals surface area contributed by atoms with Gasteiger partial charge < -0.3 is 129 Å². The van der Waals surface area contributed by atoms with Gasteiger partial charge >= 0.3 is 5.97 Å². The number of guanidine groups is 2. The summed E-state index contributed by atoms with van der Waals surface area (Å²) in [4.78, 5) is 220. The van der Waals surface area contributed by atoms with E-state index in [0.29, 0.717) is 5.56 Å². The summed E-state index contributed by atoms with van der Waals surface area (Å²) in [5, 5.41) is 68.9. The third-order valence-electron chi connectivity index (χ3n) is 15.3. The van der Waals surface area contributed by atoms with Crippen LogP contribution in [0.15, 0.2) is 40.3 Å². The number of carboxylic acid groups (broad SMARTS) is 1. The molecule has 0 fully saturated rings. The fraction of sp³-hybridized carbons (Fsp3) is 0.600. The predicted molar refractivity (Wildman–Crippen MR) is 375 cm³/mol. The van der Waals surface area contributed by atoms with Crippen molar-refractivity contribution < 1.29 is 97.1 Å². The van der Waals surface area contributed by atoms with Crippen LogP contribution in [0.2, 0.25) is 0 Å². The number of aliphatic hydroxyl groups is 3. The van der Waals surface area contributed by atoms with Crippen LogP contribution in [0.3, 0.4) is 0 Å². The Labute approximate surface area is 603 Å². The number of thiol groups is 2. The van der Waals surface area contributed by atoms with Crippen molar-refractivity contribution in [2.24, 2.45) is 56.2 Å². The quantitative estimate of drug-likeness (QED) is 0.00947. The number of rotatable bonds is 50. The van der Waals surface area contributed by atoms with E-state index in [2.05, 4.69) is 104 Å². The molecule has 0 saturated heterocycles. The lowest BCUT2D eigenvalue weighted by Crippen LogP contribution is -2.62. The number of aliphatic carboxylic acids is 1. The fourth-order valence-corrected chi connectivity index (χ4v) is 9.56. The topological polar surface area (TPSA) is 691 Å². The molecule has 0 heterocycles. The minimum absolute atomic E-state index is 0.0240. The number of hydrogen-bond donors (Lipinski definition) is 25. The van der Waals surface area contributed by atoms with Crippen molar-refractivity contribution in [3.63, 3.8) is 0 Å². The van der Waals surface area contributed by atoms with Crippen LogP contribution >= 0.6 is 25.3 Å². The number of benzene rings is 1. The molecule has 0 saturated carbocycles. The number of hydrogen-bond acceptors (Lipinski definition) is 24. The second kappa shape index (κ2) is 48.8. The Balaban J connectivity index is 3.49. The second-order valence-electron chi connectivity index (χ2n) is 23.4. The highest BCUT2D eigenvalue weighted by Gasteiger charge is 2.38. The van der Waals surface area contributed by atoms with E-state index in [1.54, 1.807) is 51.1 Å². The SMILES string of the molecule is CC[C@H](C)[C@H](NC(=O)[C@H](CCCN=C(N)N)NC(=O)CNC(=O)CNC(=O)[C@H](Cc1ccccc1)NC(=O)[C@H](CS)NC(=O)[C@H](CO)NC(=O)[C@@H](N)CO)C(=O)N[C@@H](CC(=O)O)C(=O)N[C@@H](CCCN=C(N)N)C(=O)N[C@H](C(=O)N[C@@H](CS)C(=O)N[C@@H](CC(N)=O)C(=O)N[C@H](C=O)CO)[C@@H](C)CC. The minimum Gasteiger partial charge on any atom is -0.481 e. The van der Waals surface area contributed by atoms with Crippen LogP contribution in [-0.2, 0) is 83.1 Å². The van der Waals surface area contributed by atoms with Gasteiger partial charge in [-0.3, -0.25) is 81.9 Å². The first-order valence-electron chi connectivity index (χ1n) is 32.4. The van der Waals surface area contributed by atoms with Crippen LogP contribution in [0.1, 0.15) is 84.6 Å². The molecule has 1 aromatic carbocycles. The van der Waals surface area contributed by atoms with Gasteiger partial charge in [0.15, 0.2) is 11.9 Å². The number of aliphatic imine (C=N–C) groups is 2. The normalized spacial score (nSPS) is 14.9. The molecule has 576 valence electrons. The van der Waals surface area contributed by atoms with E-state index in [-0.39, 0.29) is 82.0 Å². The lowest BCUT2D eigenvalue weighted by molar-refractivity contribution is -0.142. The molecule has 29 N–H and O–H groups in total. The van der Waals surface area contributed by atoms with E-state index in [0.717, 1.165) is 0 Å². The fourth-order valence-electron chi connectivity index (χ4n) is 9.05. The number of nitrogens with zero attached hydrogens (tertiary/aromatic N) is 2. The van der Waals surface area contributed by atoms with Gasteiger partial charge in [-0.1, -0.05) is 70.9 Å². The molecule has 0 spiro atoms. The smallest absolute Gasteiger partial charge is 0.305 e. The molecular formula is C60H99N21O20S2. The Hall–Kier alpha value is -9.98. The molecule has 14 atom stereocenters. The van der Waals surface area contributed by atoms with Gasteiger partial charge in [-0.15, -0.1) is 0 Å². The molecule has 14 amide bonds. The van der Waals surface area contributed by atoms with Crippen molar-refractivity contribution in [1.29, 1.82) is 0 Å². The summed E-state index contributed by atoms with van der Waals surface area (Å²) in [6.07, 6.45) is -2.02. The Kier molecular flexibility index (Phi) is 43.1. The molecule has 0 unspecified atom stereocenters. The first-order chi connectivity index (χ1) is 48.6. The van der Waals surface area contributed by atoms with Crippen LogP contribution in [0.25, 0.3) is 0 Å². The van der Waals surface area contributed by atoms with E-state index in [1.807, 2.05) is 0 Å². The highest BCUT2D eigenvalue weighted by atomic mass is 32.1. The van der Waals surface area contributed by atoms with Gasteiger partial charge in [0, 0.05) is 31.0 Å². The van der Waals surface area contributed by atoms with Gasteiger partial charge in [0.25, 0.3) is 0 Å². The van der Waals surface area contributed by atoms with Crippen molar-refractivity contribution in [2.45, 2.75) is 158 Å². The zero-order valence-corrected chi connectivity index (χ0v) is 59.1. The maximum absolute atomic E-state index is 14.4. The molecule has 0 aliphatic carbocycles. The van der Waals surface area contributed by atoms with Gasteiger partial charge in [0.05, 0.1) is 45.8 Å². The monoisotopic (exact) mass is 1500 g/mol. The number of primary amides is 1. The first kappa shape index (κ1) is 91.0. The van der Waals surface area contributed by atoms with Crippen LogP contribution in [-0.4, -0.2) is 257 Å². The van der Waals surface area contributed by atoms with E-state index < -0.39 is 225 Å². The Morgan fingerprint density at radius 2 is 0.874 bits per heavy atom. The molecule has 1 rings (SSSR count). The number of aldehydes is 1. The summed E-state index contributed by atoms with van der Waals surface area (Å²) in [5.41, 5.74) is 33.2. The maximum atomic E-state index is 14.4. The number of aliphatic hydroxyl groups excluding tert-OH is 3. The average Bonchev–Trinajstić information content (AvgIpc) is 0.855. The molecule has 1 aromatic rings. The molecule has 43 heteroatoms. The summed E-state index contributed by atoms with van der Waals surface area (Å²) in [7, 11) is 0. The van der Waals surface area contributed by atoms with Crippen molar-refractivity contribution in [1.82, 2.24) is 69.1 Å². The van der Waals surface area contributed by atoms with Gasteiger partial charge in [-0.2, -0.15) is 25.3 Å². The number of amides is 14. The second-order valence-corrected chi connectivity index (χ2v) is 24.1. The third-order valence-corrected chi connectivity index (χ3v) is 16.0. The lowest BCUT2D eigenvalue weighted by atomic mass is 9.96. The van der Waals surface area contributed by atoms with Crippen molar-refractivity contribution in [3.05, 3.63) is 35.9 Å². The van der Waals surface area contributed by atoms with Crippen molar-refractivity contribution >= 4 is 132 Å². The van der Waals surface area contributed by atoms with E-state index in [4.69, 9.17) is 34.4 Å². The maximum Gasteiger partial charge on any atom is 0.305 e. The predicted octanol–water partition coefficient (Wildman–Crippen LogP) is -11.3. The van der Waals surface area contributed by atoms with Crippen LogP contribution in [0.5, 0.6) is 0 Å². The van der Waals surface area contributed by atoms with E-state index >= 15 is 0 Å². The van der Waals surface area contributed by atoms with Crippen molar-refractivity contribution in [2.75, 3.05) is 57.5 Å². The summed E-state index contributed by atoms with van der Waals surface area (Å²) < 4.78 is 0.